The summed E-state index contributed by atoms with van der Waals surface area (Å²) >= 11 is 0. The van der Waals surface area contributed by atoms with E-state index in [9.17, 15) is 0 Å². The Morgan fingerprint density at radius 2 is 0.661 bits per heavy atom. The van der Waals surface area contributed by atoms with Crippen LogP contribution in [0.1, 0.15) is 0 Å². The van der Waals surface area contributed by atoms with Gasteiger partial charge in [0.1, 0.15) is 16.6 Å². The number of aromatic nitrogens is 3. The minimum absolute atomic E-state index is 0.535. The Labute approximate surface area is 338 Å². The Morgan fingerprint density at radius 3 is 1.15 bits per heavy atom. The van der Waals surface area contributed by atoms with E-state index in [1.807, 2.05) is 121 Å². The second-order valence-electron chi connectivity index (χ2n) is 14.1. The Balaban J connectivity index is 0.924. The van der Waals surface area contributed by atoms with Crippen molar-refractivity contribution in [3.05, 3.63) is 200 Å². The molecule has 0 unspecified atom stereocenters. The van der Waals surface area contributed by atoms with E-state index >= 15 is 0 Å². The third-order valence-electron chi connectivity index (χ3n) is 10.4. The Kier molecular flexibility index (Phi) is 8.29. The zero-order valence-corrected chi connectivity index (χ0v) is 31.5. The molecule has 0 fully saturated rings. The largest absolute Gasteiger partial charge is 0.436 e. The van der Waals surface area contributed by atoms with Gasteiger partial charge in [-0.25, -0.2) is 15.0 Å². The lowest BCUT2D eigenvalue weighted by Crippen LogP contribution is -2.10. The van der Waals surface area contributed by atoms with Crippen molar-refractivity contribution in [3.8, 4) is 34.4 Å². The molecule has 280 valence electrons. The summed E-state index contributed by atoms with van der Waals surface area (Å²) in [7, 11) is 0. The highest BCUT2D eigenvalue weighted by Gasteiger charge is 2.21. The molecule has 0 radical (unpaired) electrons. The molecule has 0 amide bonds. The molecule has 0 atom stereocenters. The molecule has 11 aromatic rings. The van der Waals surface area contributed by atoms with Crippen LogP contribution in [-0.4, -0.2) is 15.0 Å². The second kappa shape index (κ2) is 14.4. The van der Waals surface area contributed by atoms with E-state index < -0.39 is 0 Å². The highest BCUT2D eigenvalue weighted by Crippen LogP contribution is 2.41. The minimum atomic E-state index is 0.535. The van der Waals surface area contributed by atoms with Gasteiger partial charge in [0.15, 0.2) is 16.7 Å². The van der Waals surface area contributed by atoms with E-state index in [1.54, 1.807) is 0 Å². The molecule has 0 N–H and O–H groups in total. The van der Waals surface area contributed by atoms with Gasteiger partial charge in [-0.15, -0.1) is 0 Å². The maximum atomic E-state index is 6.48. The van der Waals surface area contributed by atoms with Crippen LogP contribution < -0.4 is 9.80 Å². The normalized spacial score (nSPS) is 11.4. The molecule has 11 rings (SSSR count). The van der Waals surface area contributed by atoms with Crippen molar-refractivity contribution in [2.45, 2.75) is 0 Å². The van der Waals surface area contributed by atoms with Crippen molar-refractivity contribution < 1.29 is 13.3 Å². The smallest absolute Gasteiger partial charge is 0.227 e. The van der Waals surface area contributed by atoms with Crippen LogP contribution in [0.4, 0.5) is 34.1 Å². The van der Waals surface area contributed by atoms with Crippen LogP contribution in [0.25, 0.3) is 67.7 Å². The van der Waals surface area contributed by atoms with Crippen LogP contribution >= 0.6 is 0 Å². The second-order valence-corrected chi connectivity index (χ2v) is 14.1. The number of hydrogen-bond acceptors (Lipinski definition) is 8. The molecule has 3 heterocycles. The first-order valence-electron chi connectivity index (χ1n) is 19.3. The number of anilines is 6. The van der Waals surface area contributed by atoms with Crippen molar-refractivity contribution >= 4 is 67.4 Å². The number of rotatable bonds is 9. The Hall–Kier alpha value is -8.23. The summed E-state index contributed by atoms with van der Waals surface area (Å²) < 4.78 is 18.6. The van der Waals surface area contributed by atoms with E-state index in [-0.39, 0.29) is 0 Å². The molecule has 0 aliphatic heterocycles. The summed E-state index contributed by atoms with van der Waals surface area (Å²) in [4.78, 5) is 18.9. The van der Waals surface area contributed by atoms with Crippen LogP contribution in [0, 0.1) is 0 Å². The van der Waals surface area contributed by atoms with Gasteiger partial charge in [-0.05, 0) is 133 Å². The van der Waals surface area contributed by atoms with Crippen LogP contribution in [-0.2, 0) is 0 Å². The van der Waals surface area contributed by atoms with Gasteiger partial charge >= 0.3 is 0 Å². The Morgan fingerprint density at radius 1 is 0.288 bits per heavy atom. The molecule has 0 spiro atoms. The minimum Gasteiger partial charge on any atom is -0.436 e. The summed E-state index contributed by atoms with van der Waals surface area (Å²) in [5, 5.41) is 0. The highest BCUT2D eigenvalue weighted by atomic mass is 16.4. The molecule has 0 bridgehead atoms. The first-order chi connectivity index (χ1) is 29.2. The van der Waals surface area contributed by atoms with E-state index in [0.29, 0.717) is 23.3 Å². The zero-order valence-electron chi connectivity index (χ0n) is 31.5. The standard InChI is InChI=1S/C51H33N5O3/c1-3-12-37(13-4-1)55(39-28-22-34(23-29-39)49-52-42-16-7-9-19-45(42)57-49)40-30-24-36(25-31-40)51-54-48-44(18-11-21-47(48)59-51)56(38-14-5-2-6-15-38)41-32-26-35(27-33-41)50-53-43-17-8-10-20-46(43)58-50/h1-33H. The van der Waals surface area contributed by atoms with E-state index in [0.717, 1.165) is 78.5 Å². The van der Waals surface area contributed by atoms with E-state index in [4.69, 9.17) is 28.2 Å². The maximum Gasteiger partial charge on any atom is 0.227 e. The first-order valence-corrected chi connectivity index (χ1v) is 19.3. The lowest BCUT2D eigenvalue weighted by molar-refractivity contribution is 0.619. The molecule has 0 aliphatic carbocycles. The molecule has 0 saturated carbocycles. The molecule has 8 heteroatoms. The predicted molar refractivity (Wildman–Crippen MR) is 235 cm³/mol. The lowest BCUT2D eigenvalue weighted by Gasteiger charge is -2.25. The van der Waals surface area contributed by atoms with Crippen LogP contribution in [0.2, 0.25) is 0 Å². The van der Waals surface area contributed by atoms with Gasteiger partial charge < -0.3 is 23.1 Å². The fourth-order valence-corrected chi connectivity index (χ4v) is 7.52. The number of oxazole rings is 3. The fraction of sp³-hybridized carbons (Fsp3) is 0. The van der Waals surface area contributed by atoms with Gasteiger partial charge in [-0.2, -0.15) is 0 Å². The third-order valence-corrected chi connectivity index (χ3v) is 10.4. The number of benzene rings is 8. The summed E-state index contributed by atoms with van der Waals surface area (Å²) in [6.07, 6.45) is 0. The van der Waals surface area contributed by atoms with Gasteiger partial charge in [-0.3, -0.25) is 0 Å². The average Bonchev–Trinajstić information content (AvgIpc) is 4.06. The average molecular weight is 764 g/mol. The van der Waals surface area contributed by atoms with Crippen LogP contribution in [0.5, 0.6) is 0 Å². The summed E-state index contributed by atoms with van der Waals surface area (Å²) in [6, 6.07) is 67.1. The van der Waals surface area contributed by atoms with Crippen LogP contribution in [0.15, 0.2) is 213 Å². The molecule has 8 aromatic carbocycles. The van der Waals surface area contributed by atoms with Crippen LogP contribution in [0.3, 0.4) is 0 Å². The molecular weight excluding hydrogens is 731 g/mol. The topological polar surface area (TPSA) is 84.6 Å². The predicted octanol–water partition coefficient (Wildman–Crippen LogP) is 14.1. The monoisotopic (exact) mass is 763 g/mol. The van der Waals surface area contributed by atoms with Gasteiger partial charge in [0.2, 0.25) is 17.7 Å². The van der Waals surface area contributed by atoms with Crippen molar-refractivity contribution in [1.82, 2.24) is 15.0 Å². The van der Waals surface area contributed by atoms with Crippen molar-refractivity contribution in [3.63, 3.8) is 0 Å². The van der Waals surface area contributed by atoms with Gasteiger partial charge in [0, 0.05) is 45.1 Å². The molecule has 59 heavy (non-hydrogen) atoms. The summed E-state index contributed by atoms with van der Waals surface area (Å²) in [5.41, 5.74) is 13.2. The summed E-state index contributed by atoms with van der Waals surface area (Å²) in [6.45, 7) is 0. The molecule has 0 saturated heterocycles. The molecular formula is C51H33N5O3. The first kappa shape index (κ1) is 34.1. The zero-order chi connectivity index (χ0) is 39.1. The van der Waals surface area contributed by atoms with Gasteiger partial charge in [-0.1, -0.05) is 66.7 Å². The molecule has 8 nitrogen and oxygen atoms in total. The number of hydrogen-bond donors (Lipinski definition) is 0. The summed E-state index contributed by atoms with van der Waals surface area (Å²) in [5.74, 6) is 1.71. The number of para-hydroxylation sites is 7. The third kappa shape index (κ3) is 6.35. The van der Waals surface area contributed by atoms with Gasteiger partial charge in [0.05, 0.1) is 5.69 Å². The molecule has 3 aromatic heterocycles. The lowest BCUT2D eigenvalue weighted by atomic mass is 10.1. The molecule has 0 aliphatic rings. The van der Waals surface area contributed by atoms with Crippen molar-refractivity contribution in [2.24, 2.45) is 0 Å². The highest BCUT2D eigenvalue weighted by molar-refractivity contribution is 5.95. The number of nitrogens with zero attached hydrogens (tertiary/aromatic N) is 5. The quantitative estimate of drug-likeness (QED) is 0.144. The number of fused-ring (bicyclic) bond motifs is 3. The van der Waals surface area contributed by atoms with Gasteiger partial charge in [0.25, 0.3) is 0 Å². The Bertz CT molecular complexity index is 3140. The van der Waals surface area contributed by atoms with E-state index in [1.165, 1.54) is 0 Å². The SMILES string of the molecule is c1ccc(N(c2ccc(-c3nc4ccccc4o3)cc2)c2ccc(-c3nc4c(N(c5ccccc5)c5ccc(-c6nc7ccccc7o6)cc5)cccc4o3)cc2)cc1. The van der Waals surface area contributed by atoms with Crippen molar-refractivity contribution in [2.75, 3.05) is 9.80 Å². The fourth-order valence-electron chi connectivity index (χ4n) is 7.52. The van der Waals surface area contributed by atoms with E-state index in [2.05, 4.69) is 88.7 Å². The maximum absolute atomic E-state index is 6.48. The van der Waals surface area contributed by atoms with Crippen molar-refractivity contribution in [1.29, 1.82) is 0 Å².